The van der Waals surface area contributed by atoms with E-state index < -0.39 is 0 Å². The number of amides is 1. The molecule has 3 aromatic rings. The minimum Gasteiger partial charge on any atom is -0.382 e. The van der Waals surface area contributed by atoms with Crippen LogP contribution in [0.5, 0.6) is 0 Å². The van der Waals surface area contributed by atoms with Crippen molar-refractivity contribution < 1.29 is 4.79 Å². The van der Waals surface area contributed by atoms with E-state index in [0.29, 0.717) is 13.1 Å². The highest BCUT2D eigenvalue weighted by molar-refractivity contribution is 5.96. The highest BCUT2D eigenvalue weighted by Crippen LogP contribution is 2.10. The van der Waals surface area contributed by atoms with Gasteiger partial charge in [-0.1, -0.05) is 30.3 Å². The molecule has 0 saturated carbocycles. The Kier molecular flexibility index (Phi) is 4.51. The summed E-state index contributed by atoms with van der Waals surface area (Å²) < 4.78 is 1.85. The summed E-state index contributed by atoms with van der Waals surface area (Å²) in [6, 6.07) is 10.1. The zero-order valence-corrected chi connectivity index (χ0v) is 13.3. The van der Waals surface area contributed by atoms with E-state index in [9.17, 15) is 4.79 Å². The van der Waals surface area contributed by atoms with Gasteiger partial charge in [-0.05, 0) is 5.56 Å². The Bertz CT molecular complexity index is 830. The van der Waals surface area contributed by atoms with E-state index in [-0.39, 0.29) is 17.4 Å². The van der Waals surface area contributed by atoms with E-state index in [1.54, 1.807) is 18.1 Å². The zero-order valence-electron chi connectivity index (χ0n) is 13.3. The Morgan fingerprint density at radius 1 is 1.17 bits per heavy atom. The number of anilines is 1. The number of nitrogens with zero attached hydrogens (tertiary/aromatic N) is 5. The van der Waals surface area contributed by atoms with Gasteiger partial charge in [-0.15, -0.1) is 0 Å². The minimum atomic E-state index is -0.267. The van der Waals surface area contributed by atoms with Gasteiger partial charge in [-0.3, -0.25) is 9.48 Å². The van der Waals surface area contributed by atoms with Crippen molar-refractivity contribution in [3.63, 3.8) is 0 Å². The molecule has 24 heavy (non-hydrogen) atoms. The Labute approximate surface area is 139 Å². The molecule has 122 valence electrons. The van der Waals surface area contributed by atoms with Gasteiger partial charge < -0.3 is 10.6 Å². The number of nitrogen functional groups attached to an aromatic ring is 1. The Hall–Kier alpha value is -3.22. The molecular weight excluding hydrogens is 304 g/mol. The first-order valence-corrected chi connectivity index (χ1v) is 7.50. The van der Waals surface area contributed by atoms with Crippen molar-refractivity contribution in [1.29, 1.82) is 0 Å². The van der Waals surface area contributed by atoms with Gasteiger partial charge in [0.05, 0.1) is 12.7 Å². The number of carbonyl (C=O) groups is 1. The lowest BCUT2D eigenvalue weighted by Crippen LogP contribution is -2.28. The van der Waals surface area contributed by atoms with Crippen LogP contribution in [0.4, 0.5) is 5.82 Å². The monoisotopic (exact) mass is 322 g/mol. The molecule has 0 unspecified atom stereocenters. The molecule has 7 heteroatoms. The molecule has 7 nitrogen and oxygen atoms in total. The molecule has 0 aliphatic rings. The first-order valence-electron chi connectivity index (χ1n) is 7.50. The molecule has 2 aromatic heterocycles. The topological polar surface area (TPSA) is 89.9 Å². The first-order chi connectivity index (χ1) is 11.6. The van der Waals surface area contributed by atoms with Crippen LogP contribution in [0.1, 0.15) is 21.6 Å². The average Bonchev–Trinajstić information content (AvgIpc) is 3.02. The standard InChI is InChI=1S/C17H18N6O/c1-22(17(24)15-16(18)20-8-7-19-15)10-14-9-21-23(12-14)11-13-5-3-2-4-6-13/h2-9,12H,10-11H2,1H3,(H2,18,20). The number of benzene rings is 1. The fourth-order valence-electron chi connectivity index (χ4n) is 2.39. The number of nitrogens with two attached hydrogens (primary N) is 1. The van der Waals surface area contributed by atoms with Crippen LogP contribution in [-0.2, 0) is 13.1 Å². The number of rotatable bonds is 5. The molecule has 0 spiro atoms. The van der Waals surface area contributed by atoms with Crippen molar-refractivity contribution in [3.8, 4) is 0 Å². The van der Waals surface area contributed by atoms with Crippen LogP contribution in [0.15, 0.2) is 55.1 Å². The predicted octanol–water partition coefficient (Wildman–Crippen LogP) is 1.58. The highest BCUT2D eigenvalue weighted by atomic mass is 16.2. The lowest BCUT2D eigenvalue weighted by Gasteiger charge is -2.16. The van der Waals surface area contributed by atoms with E-state index in [1.807, 2.05) is 41.2 Å². The summed E-state index contributed by atoms with van der Waals surface area (Å²) in [6.45, 7) is 1.11. The number of carbonyl (C=O) groups excluding carboxylic acids is 1. The second-order valence-corrected chi connectivity index (χ2v) is 5.48. The van der Waals surface area contributed by atoms with Crippen LogP contribution in [0, 0.1) is 0 Å². The van der Waals surface area contributed by atoms with Crippen molar-refractivity contribution >= 4 is 11.7 Å². The second-order valence-electron chi connectivity index (χ2n) is 5.48. The van der Waals surface area contributed by atoms with E-state index in [4.69, 9.17) is 5.73 Å². The van der Waals surface area contributed by atoms with Gasteiger partial charge in [0.25, 0.3) is 5.91 Å². The lowest BCUT2D eigenvalue weighted by atomic mass is 10.2. The van der Waals surface area contributed by atoms with E-state index in [1.165, 1.54) is 18.0 Å². The molecule has 3 rings (SSSR count). The number of hydrogen-bond acceptors (Lipinski definition) is 5. The van der Waals surface area contributed by atoms with Gasteiger partial charge in [0, 0.05) is 37.7 Å². The fourth-order valence-corrected chi connectivity index (χ4v) is 2.39. The maximum absolute atomic E-state index is 12.4. The van der Waals surface area contributed by atoms with E-state index in [0.717, 1.165) is 5.56 Å². The molecule has 1 aromatic carbocycles. The van der Waals surface area contributed by atoms with Crippen LogP contribution in [0.2, 0.25) is 0 Å². The summed E-state index contributed by atoms with van der Waals surface area (Å²) in [6.07, 6.45) is 6.60. The molecule has 2 N–H and O–H groups in total. The highest BCUT2D eigenvalue weighted by Gasteiger charge is 2.17. The summed E-state index contributed by atoms with van der Waals surface area (Å²) in [5.41, 5.74) is 7.97. The molecule has 0 saturated heterocycles. The van der Waals surface area contributed by atoms with Crippen LogP contribution >= 0.6 is 0 Å². The molecule has 0 radical (unpaired) electrons. The fraction of sp³-hybridized carbons (Fsp3) is 0.176. The van der Waals surface area contributed by atoms with Crippen molar-refractivity contribution in [2.45, 2.75) is 13.1 Å². The third-order valence-corrected chi connectivity index (χ3v) is 3.57. The van der Waals surface area contributed by atoms with Gasteiger partial charge in [0.2, 0.25) is 0 Å². The minimum absolute atomic E-state index is 0.133. The third-order valence-electron chi connectivity index (χ3n) is 3.57. The van der Waals surface area contributed by atoms with Gasteiger partial charge >= 0.3 is 0 Å². The summed E-state index contributed by atoms with van der Waals surface area (Å²) in [5.74, 6) is -0.134. The number of hydrogen-bond donors (Lipinski definition) is 1. The quantitative estimate of drug-likeness (QED) is 0.770. The average molecular weight is 322 g/mol. The molecule has 2 heterocycles. The van der Waals surface area contributed by atoms with Crippen LogP contribution in [0.25, 0.3) is 0 Å². The molecule has 0 fully saturated rings. The van der Waals surface area contributed by atoms with Crippen molar-refractivity contribution in [2.75, 3.05) is 12.8 Å². The predicted molar refractivity (Wildman–Crippen MR) is 90.0 cm³/mol. The van der Waals surface area contributed by atoms with Crippen molar-refractivity contribution in [3.05, 3.63) is 71.9 Å². The van der Waals surface area contributed by atoms with Crippen LogP contribution < -0.4 is 5.73 Å². The van der Waals surface area contributed by atoms with Crippen molar-refractivity contribution in [2.24, 2.45) is 0 Å². The van der Waals surface area contributed by atoms with Gasteiger partial charge in [-0.2, -0.15) is 5.10 Å². The van der Waals surface area contributed by atoms with E-state index in [2.05, 4.69) is 15.1 Å². The van der Waals surface area contributed by atoms with Gasteiger partial charge in [0.1, 0.15) is 0 Å². The Morgan fingerprint density at radius 3 is 2.67 bits per heavy atom. The lowest BCUT2D eigenvalue weighted by molar-refractivity contribution is 0.0780. The maximum Gasteiger partial charge on any atom is 0.276 e. The van der Waals surface area contributed by atoms with Gasteiger partial charge in [-0.25, -0.2) is 9.97 Å². The van der Waals surface area contributed by atoms with Gasteiger partial charge in [0.15, 0.2) is 11.5 Å². The summed E-state index contributed by atoms with van der Waals surface area (Å²) in [4.78, 5) is 21.8. The Morgan fingerprint density at radius 2 is 1.92 bits per heavy atom. The molecule has 0 aliphatic carbocycles. The van der Waals surface area contributed by atoms with Crippen LogP contribution in [0.3, 0.4) is 0 Å². The smallest absolute Gasteiger partial charge is 0.276 e. The third kappa shape index (κ3) is 3.57. The first kappa shape index (κ1) is 15.7. The molecule has 1 amide bonds. The summed E-state index contributed by atoms with van der Waals surface area (Å²) in [5, 5.41) is 4.34. The Balaban J connectivity index is 1.66. The maximum atomic E-state index is 12.4. The van der Waals surface area contributed by atoms with E-state index >= 15 is 0 Å². The van der Waals surface area contributed by atoms with Crippen molar-refractivity contribution in [1.82, 2.24) is 24.6 Å². The largest absolute Gasteiger partial charge is 0.382 e. The SMILES string of the molecule is CN(Cc1cnn(Cc2ccccc2)c1)C(=O)c1nccnc1N. The molecular formula is C17H18N6O. The molecule has 0 aliphatic heterocycles. The summed E-state index contributed by atoms with van der Waals surface area (Å²) >= 11 is 0. The zero-order chi connectivity index (χ0) is 16.9. The van der Waals surface area contributed by atoms with Crippen LogP contribution in [-0.4, -0.2) is 37.6 Å². The number of aromatic nitrogens is 4. The second kappa shape index (κ2) is 6.91. The summed E-state index contributed by atoms with van der Waals surface area (Å²) in [7, 11) is 1.70. The molecule has 0 bridgehead atoms. The normalized spacial score (nSPS) is 10.5. The molecule has 0 atom stereocenters.